The van der Waals surface area contributed by atoms with Gasteiger partial charge in [-0.1, -0.05) is 45.1 Å². The molecule has 0 fully saturated rings. The highest BCUT2D eigenvalue weighted by Gasteiger charge is 2.40. The van der Waals surface area contributed by atoms with Gasteiger partial charge in [-0.3, -0.25) is 14.4 Å². The second-order valence-electron chi connectivity index (χ2n) is 9.36. The number of rotatable bonds is 12. The van der Waals surface area contributed by atoms with Gasteiger partial charge in [0.2, 0.25) is 0 Å². The molecule has 1 rings (SSSR count). The molecule has 0 aromatic carbocycles. The molecule has 0 heterocycles. The number of hydrogen-bond donors (Lipinski definition) is 4. The van der Waals surface area contributed by atoms with E-state index in [1.54, 1.807) is 13.8 Å². The number of esters is 2. The van der Waals surface area contributed by atoms with Crippen molar-refractivity contribution < 1.29 is 44.3 Å². The number of ketones is 1. The Morgan fingerprint density at radius 2 is 1.68 bits per heavy atom. The molecule has 9 heteroatoms. The largest absolute Gasteiger partial charge is 0.463 e. The molecule has 1 aliphatic rings. The molecule has 192 valence electrons. The molecule has 0 aromatic rings. The van der Waals surface area contributed by atoms with Gasteiger partial charge in [0.15, 0.2) is 11.9 Å². The fourth-order valence-electron chi connectivity index (χ4n) is 3.69. The van der Waals surface area contributed by atoms with Crippen LogP contribution >= 0.6 is 0 Å². The smallest absolute Gasteiger partial charge is 0.307 e. The molecule has 0 spiro atoms. The van der Waals surface area contributed by atoms with Gasteiger partial charge in [0.05, 0.1) is 18.9 Å². The van der Waals surface area contributed by atoms with E-state index in [0.717, 1.165) is 11.1 Å². The molecule has 0 aromatic heterocycles. The highest BCUT2D eigenvalue weighted by atomic mass is 16.6. The summed E-state index contributed by atoms with van der Waals surface area (Å²) in [5.74, 6) is -1.85. The van der Waals surface area contributed by atoms with Gasteiger partial charge in [-0.2, -0.15) is 0 Å². The van der Waals surface area contributed by atoms with Crippen LogP contribution < -0.4 is 0 Å². The van der Waals surface area contributed by atoms with Gasteiger partial charge in [-0.25, -0.2) is 0 Å². The van der Waals surface area contributed by atoms with Crippen LogP contribution in [0.25, 0.3) is 0 Å². The first-order valence-corrected chi connectivity index (χ1v) is 11.4. The first-order valence-electron chi connectivity index (χ1n) is 11.4. The van der Waals surface area contributed by atoms with Crippen molar-refractivity contribution in [1.82, 2.24) is 0 Å². The predicted molar refractivity (Wildman–Crippen MR) is 124 cm³/mol. The molecule has 34 heavy (non-hydrogen) atoms. The van der Waals surface area contributed by atoms with Crippen molar-refractivity contribution in [2.75, 3.05) is 6.61 Å². The summed E-state index contributed by atoms with van der Waals surface area (Å²) in [6, 6.07) is 0. The molecule has 4 N–H and O–H groups in total. The molecule has 0 aliphatic heterocycles. The van der Waals surface area contributed by atoms with Crippen LogP contribution in [-0.2, 0) is 23.9 Å². The summed E-state index contributed by atoms with van der Waals surface area (Å²) in [5.41, 5.74) is 1.80. The first-order chi connectivity index (χ1) is 15.7. The number of carbonyl (C=O) groups excluding carboxylic acids is 3. The van der Waals surface area contributed by atoms with E-state index in [1.807, 2.05) is 32.9 Å². The van der Waals surface area contributed by atoms with Crippen molar-refractivity contribution in [3.63, 3.8) is 0 Å². The SMILES string of the molecule is C=C(C)/C=C/C1=C(C)C(=O)C(OC(=O)CCC(=O)OCC(O)C(O)C(O)C(O)CC)CC1(C)C. The summed E-state index contributed by atoms with van der Waals surface area (Å²) < 4.78 is 10.2. The van der Waals surface area contributed by atoms with E-state index in [2.05, 4.69) is 6.58 Å². The lowest BCUT2D eigenvalue weighted by Crippen LogP contribution is -2.46. The van der Waals surface area contributed by atoms with E-state index >= 15 is 0 Å². The van der Waals surface area contributed by atoms with Crippen LogP contribution in [0.15, 0.2) is 35.5 Å². The number of hydrogen-bond acceptors (Lipinski definition) is 9. The Labute approximate surface area is 200 Å². The lowest BCUT2D eigenvalue weighted by molar-refractivity contribution is -0.161. The topological polar surface area (TPSA) is 151 Å². The van der Waals surface area contributed by atoms with Crippen LogP contribution in [0.4, 0.5) is 0 Å². The normalized spacial score (nSPS) is 21.7. The molecule has 5 atom stereocenters. The van der Waals surface area contributed by atoms with E-state index in [-0.39, 0.29) is 25.0 Å². The maximum Gasteiger partial charge on any atom is 0.307 e. The van der Waals surface area contributed by atoms with Gasteiger partial charge in [0.25, 0.3) is 0 Å². The second kappa shape index (κ2) is 12.9. The van der Waals surface area contributed by atoms with Crippen LogP contribution in [0.1, 0.15) is 60.3 Å². The summed E-state index contributed by atoms with van der Waals surface area (Å²) in [7, 11) is 0. The Bertz CT molecular complexity index is 824. The Morgan fingerprint density at radius 3 is 2.24 bits per heavy atom. The van der Waals surface area contributed by atoms with Gasteiger partial charge in [0, 0.05) is 6.42 Å². The summed E-state index contributed by atoms with van der Waals surface area (Å²) >= 11 is 0. The third kappa shape index (κ3) is 8.47. The zero-order chi connectivity index (χ0) is 26.2. The average molecular weight is 483 g/mol. The van der Waals surface area contributed by atoms with Gasteiger partial charge < -0.3 is 29.9 Å². The molecular weight excluding hydrogens is 444 g/mol. The molecule has 0 bridgehead atoms. The third-order valence-electron chi connectivity index (χ3n) is 5.80. The molecule has 1 aliphatic carbocycles. The maximum atomic E-state index is 12.7. The number of aliphatic hydroxyl groups is 4. The summed E-state index contributed by atoms with van der Waals surface area (Å²) in [5, 5.41) is 38.8. The van der Waals surface area contributed by atoms with Crippen molar-refractivity contribution in [2.24, 2.45) is 5.41 Å². The Balaban J connectivity index is 2.59. The summed E-state index contributed by atoms with van der Waals surface area (Å²) in [4.78, 5) is 36.9. The number of Topliss-reactive ketones (excluding diaryl/α,β-unsaturated/α-hetero) is 1. The number of ether oxygens (including phenoxy) is 2. The fraction of sp³-hybridized carbons (Fsp3) is 0.640. The van der Waals surface area contributed by atoms with Gasteiger partial charge >= 0.3 is 11.9 Å². The minimum atomic E-state index is -1.71. The summed E-state index contributed by atoms with van der Waals surface area (Å²) in [6.07, 6.45) is -3.65. The van der Waals surface area contributed by atoms with E-state index in [1.165, 1.54) is 0 Å². The van der Waals surface area contributed by atoms with Crippen LogP contribution in [-0.4, -0.2) is 75.3 Å². The lowest BCUT2D eigenvalue weighted by atomic mass is 9.71. The molecular formula is C25H38O9. The van der Waals surface area contributed by atoms with Crippen molar-refractivity contribution in [3.8, 4) is 0 Å². The Kier molecular flexibility index (Phi) is 11.3. The van der Waals surface area contributed by atoms with Crippen molar-refractivity contribution in [3.05, 3.63) is 35.5 Å². The molecule has 9 nitrogen and oxygen atoms in total. The number of allylic oxidation sites excluding steroid dienone is 4. The van der Waals surface area contributed by atoms with Crippen LogP contribution in [0.5, 0.6) is 0 Å². The zero-order valence-electron chi connectivity index (χ0n) is 20.6. The Morgan fingerprint density at radius 1 is 1.12 bits per heavy atom. The third-order valence-corrected chi connectivity index (χ3v) is 5.80. The minimum Gasteiger partial charge on any atom is -0.463 e. The first kappa shape index (κ1) is 29.7. The predicted octanol–water partition coefficient (Wildman–Crippen LogP) is 1.52. The Hall–Kier alpha value is -2.33. The van der Waals surface area contributed by atoms with Crippen LogP contribution in [0.2, 0.25) is 0 Å². The van der Waals surface area contributed by atoms with Crippen molar-refractivity contribution >= 4 is 17.7 Å². The molecule has 0 saturated heterocycles. The zero-order valence-corrected chi connectivity index (χ0v) is 20.6. The maximum absolute atomic E-state index is 12.7. The van der Waals surface area contributed by atoms with E-state index in [0.29, 0.717) is 12.0 Å². The van der Waals surface area contributed by atoms with Crippen LogP contribution in [0, 0.1) is 5.41 Å². The quantitative estimate of drug-likeness (QED) is 0.240. The highest BCUT2D eigenvalue weighted by molar-refractivity contribution is 6.01. The molecule has 0 amide bonds. The minimum absolute atomic E-state index is 0.162. The number of carbonyl (C=O) groups is 3. The molecule has 0 radical (unpaired) electrons. The fourth-order valence-corrected chi connectivity index (χ4v) is 3.69. The molecule has 5 unspecified atom stereocenters. The summed E-state index contributed by atoms with van der Waals surface area (Å²) in [6.45, 7) is 12.2. The van der Waals surface area contributed by atoms with Gasteiger partial charge in [0.1, 0.15) is 24.9 Å². The monoisotopic (exact) mass is 482 g/mol. The van der Waals surface area contributed by atoms with Crippen LogP contribution in [0.3, 0.4) is 0 Å². The lowest BCUT2D eigenvalue weighted by Gasteiger charge is -2.36. The van der Waals surface area contributed by atoms with E-state index in [4.69, 9.17) is 9.47 Å². The van der Waals surface area contributed by atoms with Gasteiger partial charge in [-0.15, -0.1) is 0 Å². The number of aliphatic hydroxyl groups excluding tert-OH is 4. The van der Waals surface area contributed by atoms with Gasteiger partial charge in [-0.05, 0) is 36.8 Å². The van der Waals surface area contributed by atoms with Crippen molar-refractivity contribution in [1.29, 1.82) is 0 Å². The second-order valence-corrected chi connectivity index (χ2v) is 9.36. The standard InChI is InChI=1S/C25H38O9/c1-7-17(26)23(31)24(32)18(27)13-33-20(28)10-11-21(29)34-19-12-25(5,6)16(9-8-14(2)3)15(4)22(19)30/h8-9,17-19,23-24,26-27,31-32H,2,7,10-13H2,1,3-6H3/b9-8+. The van der Waals surface area contributed by atoms with Crippen molar-refractivity contribution in [2.45, 2.75) is 90.8 Å². The highest BCUT2D eigenvalue weighted by Crippen LogP contribution is 2.40. The average Bonchev–Trinajstić information content (AvgIpc) is 2.77. The van der Waals surface area contributed by atoms with E-state index in [9.17, 15) is 34.8 Å². The molecule has 0 saturated carbocycles. The van der Waals surface area contributed by atoms with E-state index < -0.39 is 54.5 Å².